The van der Waals surface area contributed by atoms with E-state index in [0.717, 1.165) is 0 Å². The number of methoxy groups -OCH3 is 3. The van der Waals surface area contributed by atoms with E-state index in [-0.39, 0.29) is 43.8 Å². The molecule has 11 nitrogen and oxygen atoms in total. The summed E-state index contributed by atoms with van der Waals surface area (Å²) < 4.78 is 43.6. The highest BCUT2D eigenvalue weighted by Crippen LogP contribution is 2.56. The standard InChI is InChI=1S/C21H21NO10/c1-25-12-4-10(7-28-14(23)6-22)15(19-17(12)29-8-31-19)16-11(21(24)27-3)5-13(26-2)18-20(16)32-9-30-18/h4-5H,6-9,22H2,1-3H3. The van der Waals surface area contributed by atoms with Crippen molar-refractivity contribution >= 4 is 11.9 Å². The van der Waals surface area contributed by atoms with Crippen LogP contribution in [0.3, 0.4) is 0 Å². The molecule has 0 saturated carbocycles. The molecule has 0 amide bonds. The predicted molar refractivity (Wildman–Crippen MR) is 107 cm³/mol. The number of nitrogens with two attached hydrogens (primary N) is 1. The number of carbonyl (C=O) groups excluding carboxylic acids is 2. The van der Waals surface area contributed by atoms with Crippen LogP contribution >= 0.6 is 0 Å². The Morgan fingerprint density at radius 3 is 2.00 bits per heavy atom. The second-order valence-electron chi connectivity index (χ2n) is 6.60. The van der Waals surface area contributed by atoms with E-state index in [1.165, 1.54) is 27.4 Å². The minimum absolute atomic E-state index is 0.0754. The largest absolute Gasteiger partial charge is 0.493 e. The summed E-state index contributed by atoms with van der Waals surface area (Å²) in [6.45, 7) is -0.634. The third kappa shape index (κ3) is 3.46. The van der Waals surface area contributed by atoms with E-state index < -0.39 is 11.9 Å². The van der Waals surface area contributed by atoms with Crippen molar-refractivity contribution in [3.05, 3.63) is 23.3 Å². The van der Waals surface area contributed by atoms with E-state index in [9.17, 15) is 9.59 Å². The lowest BCUT2D eigenvalue weighted by molar-refractivity contribution is -0.143. The summed E-state index contributed by atoms with van der Waals surface area (Å²) in [6, 6.07) is 3.11. The molecule has 2 aliphatic heterocycles. The van der Waals surface area contributed by atoms with E-state index in [0.29, 0.717) is 39.7 Å². The van der Waals surface area contributed by atoms with Crippen molar-refractivity contribution < 1.29 is 47.5 Å². The fraction of sp³-hybridized carbons (Fsp3) is 0.333. The molecule has 0 atom stereocenters. The average Bonchev–Trinajstić information content (AvgIpc) is 3.50. The lowest BCUT2D eigenvalue weighted by Crippen LogP contribution is -2.17. The van der Waals surface area contributed by atoms with Gasteiger partial charge < -0.3 is 43.6 Å². The summed E-state index contributed by atoms with van der Waals surface area (Å²) in [7, 11) is 4.16. The van der Waals surface area contributed by atoms with Gasteiger partial charge in [-0.2, -0.15) is 0 Å². The third-order valence-electron chi connectivity index (χ3n) is 4.95. The maximum absolute atomic E-state index is 12.7. The van der Waals surface area contributed by atoms with Gasteiger partial charge >= 0.3 is 11.9 Å². The molecule has 0 spiro atoms. The van der Waals surface area contributed by atoms with Crippen LogP contribution < -0.4 is 34.2 Å². The number of hydrogen-bond acceptors (Lipinski definition) is 11. The number of benzene rings is 2. The number of ether oxygens (including phenoxy) is 8. The topological polar surface area (TPSA) is 134 Å². The highest BCUT2D eigenvalue weighted by molar-refractivity contribution is 6.03. The van der Waals surface area contributed by atoms with Crippen molar-refractivity contribution in [3.8, 4) is 45.6 Å². The van der Waals surface area contributed by atoms with Crippen LogP contribution in [0.1, 0.15) is 15.9 Å². The Bertz CT molecular complexity index is 1080. The van der Waals surface area contributed by atoms with Gasteiger partial charge in [0, 0.05) is 16.7 Å². The van der Waals surface area contributed by atoms with Gasteiger partial charge in [0.1, 0.15) is 6.61 Å². The smallest absolute Gasteiger partial charge is 0.338 e. The fourth-order valence-electron chi connectivity index (χ4n) is 3.55. The quantitative estimate of drug-likeness (QED) is 0.621. The Morgan fingerprint density at radius 2 is 1.44 bits per heavy atom. The Balaban J connectivity index is 2.03. The van der Waals surface area contributed by atoms with E-state index >= 15 is 0 Å². The molecule has 2 N–H and O–H groups in total. The Labute approximate surface area is 182 Å². The SMILES string of the molecule is COC(=O)c1cc(OC)c2c(c1-c1c(COC(=O)CN)cc(OC)c3c1OCO3)OCO2. The molecule has 2 heterocycles. The van der Waals surface area contributed by atoms with Crippen LogP contribution in [0.5, 0.6) is 34.5 Å². The lowest BCUT2D eigenvalue weighted by Gasteiger charge is -2.19. The van der Waals surface area contributed by atoms with Crippen LogP contribution in [0.2, 0.25) is 0 Å². The van der Waals surface area contributed by atoms with Crippen LogP contribution in [-0.4, -0.2) is 53.4 Å². The first kappa shape index (κ1) is 21.4. The Kier molecular flexibility index (Phi) is 5.82. The number of rotatable bonds is 7. The first-order chi connectivity index (χ1) is 15.5. The molecule has 0 aromatic heterocycles. The summed E-state index contributed by atoms with van der Waals surface area (Å²) in [5.41, 5.74) is 6.66. The van der Waals surface area contributed by atoms with E-state index in [1.807, 2.05) is 0 Å². The number of esters is 2. The van der Waals surface area contributed by atoms with Crippen molar-refractivity contribution in [1.82, 2.24) is 0 Å². The van der Waals surface area contributed by atoms with Crippen molar-refractivity contribution in [2.45, 2.75) is 6.61 Å². The fourth-order valence-corrected chi connectivity index (χ4v) is 3.55. The van der Waals surface area contributed by atoms with Crippen LogP contribution in [0, 0.1) is 0 Å². The maximum Gasteiger partial charge on any atom is 0.338 e. The molecule has 170 valence electrons. The molecule has 2 aromatic rings. The molecule has 11 heteroatoms. The van der Waals surface area contributed by atoms with E-state index in [1.54, 1.807) is 6.07 Å². The van der Waals surface area contributed by atoms with Gasteiger partial charge in [-0.15, -0.1) is 0 Å². The molecular formula is C21H21NO10. The van der Waals surface area contributed by atoms with Gasteiger partial charge in [0.25, 0.3) is 0 Å². The molecule has 2 aliphatic rings. The molecule has 4 rings (SSSR count). The van der Waals surface area contributed by atoms with Crippen LogP contribution in [-0.2, 0) is 20.9 Å². The molecule has 0 unspecified atom stereocenters. The number of hydrogen-bond donors (Lipinski definition) is 1. The first-order valence-corrected chi connectivity index (χ1v) is 9.48. The maximum atomic E-state index is 12.7. The summed E-state index contributed by atoms with van der Waals surface area (Å²) in [5, 5.41) is 0. The zero-order valence-corrected chi connectivity index (χ0v) is 17.6. The van der Waals surface area contributed by atoms with Gasteiger partial charge in [0.05, 0.1) is 33.4 Å². The average molecular weight is 447 g/mol. The normalized spacial score (nSPS) is 13.0. The van der Waals surface area contributed by atoms with Crippen molar-refractivity contribution in [3.63, 3.8) is 0 Å². The summed E-state index contributed by atoms with van der Waals surface area (Å²) in [6.07, 6.45) is 0. The van der Waals surface area contributed by atoms with Crippen LogP contribution in [0.25, 0.3) is 11.1 Å². The number of carbonyl (C=O) groups is 2. The van der Waals surface area contributed by atoms with Crippen molar-refractivity contribution in [2.24, 2.45) is 5.73 Å². The molecule has 0 fully saturated rings. The Morgan fingerprint density at radius 1 is 0.875 bits per heavy atom. The molecule has 0 radical (unpaired) electrons. The summed E-state index contributed by atoms with van der Waals surface area (Å²) >= 11 is 0. The third-order valence-corrected chi connectivity index (χ3v) is 4.95. The number of fused-ring (bicyclic) bond motifs is 2. The van der Waals surface area contributed by atoms with Gasteiger partial charge in [-0.25, -0.2) is 4.79 Å². The minimum Gasteiger partial charge on any atom is -0.493 e. The van der Waals surface area contributed by atoms with Crippen LogP contribution in [0.4, 0.5) is 0 Å². The van der Waals surface area contributed by atoms with Crippen molar-refractivity contribution in [2.75, 3.05) is 41.5 Å². The van der Waals surface area contributed by atoms with Gasteiger partial charge in [-0.05, 0) is 12.1 Å². The van der Waals surface area contributed by atoms with Gasteiger partial charge in [0.15, 0.2) is 23.0 Å². The van der Waals surface area contributed by atoms with Gasteiger partial charge in [-0.3, -0.25) is 4.79 Å². The second-order valence-corrected chi connectivity index (χ2v) is 6.60. The summed E-state index contributed by atoms with van der Waals surface area (Å²) in [5.74, 6) is 0.571. The summed E-state index contributed by atoms with van der Waals surface area (Å²) in [4.78, 5) is 24.5. The zero-order valence-electron chi connectivity index (χ0n) is 17.6. The van der Waals surface area contributed by atoms with Gasteiger partial charge in [0.2, 0.25) is 25.1 Å². The highest BCUT2D eigenvalue weighted by atomic mass is 16.7. The molecular weight excluding hydrogens is 426 g/mol. The first-order valence-electron chi connectivity index (χ1n) is 9.48. The Hall–Kier alpha value is -3.86. The monoisotopic (exact) mass is 447 g/mol. The minimum atomic E-state index is -0.648. The van der Waals surface area contributed by atoms with E-state index in [4.69, 9.17) is 43.6 Å². The van der Waals surface area contributed by atoms with Crippen molar-refractivity contribution in [1.29, 1.82) is 0 Å². The predicted octanol–water partition coefficient (Wildman–Crippen LogP) is 1.62. The lowest BCUT2D eigenvalue weighted by atomic mass is 9.92. The van der Waals surface area contributed by atoms with E-state index in [2.05, 4.69) is 0 Å². The molecule has 32 heavy (non-hydrogen) atoms. The molecule has 0 bridgehead atoms. The highest BCUT2D eigenvalue weighted by Gasteiger charge is 2.36. The zero-order chi connectivity index (χ0) is 22.8. The molecule has 0 saturated heterocycles. The second kappa shape index (κ2) is 8.71. The molecule has 0 aliphatic carbocycles. The molecule has 2 aromatic carbocycles. The van der Waals surface area contributed by atoms with Gasteiger partial charge in [-0.1, -0.05) is 0 Å². The van der Waals surface area contributed by atoms with Crippen LogP contribution in [0.15, 0.2) is 12.1 Å².